The lowest BCUT2D eigenvalue weighted by molar-refractivity contribution is -0.131. The number of amides is 2. The number of carbonyl (C=O) groups is 2. The molecule has 0 spiro atoms. The number of terminal acetylenes is 1. The molecule has 0 atom stereocenters. The molecule has 1 saturated heterocycles. The van der Waals surface area contributed by atoms with Crippen LogP contribution < -0.4 is 10.2 Å². The van der Waals surface area contributed by atoms with Crippen LogP contribution in [0.25, 0.3) is 0 Å². The number of rotatable bonds is 5. The Morgan fingerprint density at radius 2 is 2.00 bits per heavy atom. The normalized spacial score (nSPS) is 14.0. The van der Waals surface area contributed by atoms with Gasteiger partial charge in [0.2, 0.25) is 5.91 Å². The van der Waals surface area contributed by atoms with Crippen LogP contribution in [0, 0.1) is 12.3 Å². The fraction of sp³-hybridized carbons (Fsp3) is 0.250. The van der Waals surface area contributed by atoms with Crippen LogP contribution in [0.3, 0.4) is 0 Å². The van der Waals surface area contributed by atoms with Gasteiger partial charge >= 0.3 is 0 Å². The quantitative estimate of drug-likeness (QED) is 0.803. The largest absolute Gasteiger partial charge is 0.346 e. The minimum absolute atomic E-state index is 0.0360. The molecule has 2 heterocycles. The fourth-order valence-electron chi connectivity index (χ4n) is 2.82. The van der Waals surface area contributed by atoms with Gasteiger partial charge in [0.05, 0.1) is 18.7 Å². The molecule has 0 saturated carbocycles. The molecule has 0 unspecified atom stereocenters. The summed E-state index contributed by atoms with van der Waals surface area (Å²) < 4.78 is 0. The van der Waals surface area contributed by atoms with Crippen molar-refractivity contribution >= 4 is 29.2 Å². The summed E-state index contributed by atoms with van der Waals surface area (Å²) in [6.45, 7) is 2.27. The van der Waals surface area contributed by atoms with Crippen molar-refractivity contribution in [2.45, 2.75) is 6.54 Å². The first-order valence-corrected chi connectivity index (χ1v) is 8.89. The van der Waals surface area contributed by atoms with Crippen molar-refractivity contribution in [3.8, 4) is 12.3 Å². The lowest BCUT2D eigenvalue weighted by Crippen LogP contribution is -2.50. The van der Waals surface area contributed by atoms with E-state index >= 15 is 0 Å². The molecule has 0 aliphatic carbocycles. The molecule has 1 aliphatic heterocycles. The van der Waals surface area contributed by atoms with E-state index in [-0.39, 0.29) is 24.9 Å². The Kier molecular flexibility index (Phi) is 5.94. The lowest BCUT2D eigenvalue weighted by Gasteiger charge is -2.35. The minimum Gasteiger partial charge on any atom is -0.346 e. The van der Waals surface area contributed by atoms with Gasteiger partial charge in [0, 0.05) is 30.9 Å². The van der Waals surface area contributed by atoms with E-state index in [9.17, 15) is 9.59 Å². The minimum atomic E-state index is -0.268. The topological polar surface area (TPSA) is 65.5 Å². The number of aromatic nitrogens is 1. The number of piperazine rings is 1. The maximum absolute atomic E-state index is 12.5. The first kappa shape index (κ1) is 18.7. The Hall–Kier alpha value is -3.04. The van der Waals surface area contributed by atoms with Crippen molar-refractivity contribution in [3.63, 3.8) is 0 Å². The number of hydrogen-bond donors (Lipinski definition) is 1. The highest BCUT2D eigenvalue weighted by Crippen LogP contribution is 2.17. The van der Waals surface area contributed by atoms with Crippen molar-refractivity contribution in [1.29, 1.82) is 0 Å². The zero-order valence-corrected chi connectivity index (χ0v) is 15.4. The van der Waals surface area contributed by atoms with E-state index in [1.807, 2.05) is 34.1 Å². The van der Waals surface area contributed by atoms with E-state index in [0.717, 1.165) is 5.56 Å². The third kappa shape index (κ3) is 4.78. The van der Waals surface area contributed by atoms with Crippen LogP contribution in [0.4, 0.5) is 5.82 Å². The number of anilines is 1. The molecule has 1 aliphatic rings. The molecule has 1 fully saturated rings. The Labute approximate surface area is 163 Å². The second kappa shape index (κ2) is 8.56. The molecule has 1 aromatic heterocycles. The van der Waals surface area contributed by atoms with Gasteiger partial charge in [-0.15, -0.1) is 6.42 Å². The molecule has 138 valence electrons. The SMILES string of the molecule is C#CCNC(=O)c1ccc(N2CCN(Cc3ccc(Cl)cc3)C(=O)C2)nc1. The summed E-state index contributed by atoms with van der Waals surface area (Å²) in [4.78, 5) is 32.4. The Bertz CT molecular complexity index is 859. The van der Waals surface area contributed by atoms with Gasteiger partial charge in [-0.1, -0.05) is 29.7 Å². The summed E-state index contributed by atoms with van der Waals surface area (Å²) in [5, 5.41) is 3.27. The number of nitrogens with one attached hydrogen (secondary N) is 1. The van der Waals surface area contributed by atoms with Crippen molar-refractivity contribution in [3.05, 3.63) is 58.7 Å². The highest BCUT2D eigenvalue weighted by molar-refractivity contribution is 6.30. The van der Waals surface area contributed by atoms with Gasteiger partial charge in [0.1, 0.15) is 5.82 Å². The van der Waals surface area contributed by atoms with Crippen LogP contribution in [0.15, 0.2) is 42.6 Å². The number of benzene rings is 1. The molecule has 2 amide bonds. The predicted octanol–water partition coefficient (Wildman–Crippen LogP) is 1.95. The maximum atomic E-state index is 12.5. The summed E-state index contributed by atoms with van der Waals surface area (Å²) in [5.74, 6) is 2.79. The third-order valence-corrected chi connectivity index (χ3v) is 4.54. The van der Waals surface area contributed by atoms with E-state index in [0.29, 0.717) is 36.0 Å². The monoisotopic (exact) mass is 382 g/mol. The second-order valence-electron chi connectivity index (χ2n) is 6.16. The van der Waals surface area contributed by atoms with Crippen LogP contribution in [-0.2, 0) is 11.3 Å². The summed E-state index contributed by atoms with van der Waals surface area (Å²) in [7, 11) is 0. The molecule has 2 aromatic rings. The zero-order chi connectivity index (χ0) is 19.2. The molecule has 1 aromatic carbocycles. The van der Waals surface area contributed by atoms with E-state index in [1.165, 1.54) is 6.20 Å². The second-order valence-corrected chi connectivity index (χ2v) is 6.59. The Morgan fingerprint density at radius 1 is 1.22 bits per heavy atom. The Morgan fingerprint density at radius 3 is 2.63 bits per heavy atom. The van der Waals surface area contributed by atoms with E-state index in [2.05, 4.69) is 16.2 Å². The number of pyridine rings is 1. The molecule has 0 bridgehead atoms. The zero-order valence-electron chi connectivity index (χ0n) is 14.7. The van der Waals surface area contributed by atoms with Crippen molar-refractivity contribution in [2.75, 3.05) is 31.1 Å². The molecule has 3 rings (SSSR count). The number of nitrogens with zero attached hydrogens (tertiary/aromatic N) is 3. The van der Waals surface area contributed by atoms with Crippen LogP contribution >= 0.6 is 11.6 Å². The van der Waals surface area contributed by atoms with Gasteiger partial charge in [0.15, 0.2) is 0 Å². The maximum Gasteiger partial charge on any atom is 0.253 e. The molecule has 7 heteroatoms. The number of halogens is 1. The molecule has 0 radical (unpaired) electrons. The van der Waals surface area contributed by atoms with Gasteiger partial charge in [-0.2, -0.15) is 0 Å². The van der Waals surface area contributed by atoms with Gasteiger partial charge in [-0.25, -0.2) is 4.98 Å². The van der Waals surface area contributed by atoms with Crippen LogP contribution in [0.5, 0.6) is 0 Å². The molecule has 1 N–H and O–H groups in total. The number of carbonyl (C=O) groups excluding carboxylic acids is 2. The average molecular weight is 383 g/mol. The molecular weight excluding hydrogens is 364 g/mol. The van der Waals surface area contributed by atoms with Gasteiger partial charge in [-0.3, -0.25) is 9.59 Å². The molecular formula is C20H19ClN4O2. The van der Waals surface area contributed by atoms with Crippen molar-refractivity contribution in [1.82, 2.24) is 15.2 Å². The van der Waals surface area contributed by atoms with Crippen LogP contribution in [0.1, 0.15) is 15.9 Å². The fourth-order valence-corrected chi connectivity index (χ4v) is 2.95. The third-order valence-electron chi connectivity index (χ3n) is 4.29. The van der Waals surface area contributed by atoms with E-state index < -0.39 is 0 Å². The highest BCUT2D eigenvalue weighted by Gasteiger charge is 2.25. The summed E-state index contributed by atoms with van der Waals surface area (Å²) in [6, 6.07) is 10.9. The van der Waals surface area contributed by atoms with Crippen LogP contribution in [-0.4, -0.2) is 47.9 Å². The van der Waals surface area contributed by atoms with Gasteiger partial charge in [0.25, 0.3) is 5.91 Å². The standard InChI is InChI=1S/C20H19ClN4O2/c1-2-9-22-20(27)16-5-8-18(23-12-16)24-10-11-25(19(26)14-24)13-15-3-6-17(21)7-4-15/h1,3-8,12H,9-11,13-14H2,(H,22,27). The van der Waals surface area contributed by atoms with Crippen LogP contribution in [0.2, 0.25) is 5.02 Å². The van der Waals surface area contributed by atoms with E-state index in [4.69, 9.17) is 18.0 Å². The van der Waals surface area contributed by atoms with Crippen molar-refractivity contribution in [2.24, 2.45) is 0 Å². The van der Waals surface area contributed by atoms with Gasteiger partial charge < -0.3 is 15.1 Å². The summed E-state index contributed by atoms with van der Waals surface area (Å²) in [5.41, 5.74) is 1.48. The van der Waals surface area contributed by atoms with Gasteiger partial charge in [-0.05, 0) is 29.8 Å². The highest BCUT2D eigenvalue weighted by atomic mass is 35.5. The summed E-state index contributed by atoms with van der Waals surface area (Å²) in [6.07, 6.45) is 6.62. The average Bonchev–Trinajstić information content (AvgIpc) is 2.69. The van der Waals surface area contributed by atoms with E-state index in [1.54, 1.807) is 12.1 Å². The van der Waals surface area contributed by atoms with Crippen molar-refractivity contribution < 1.29 is 9.59 Å². The molecule has 6 nitrogen and oxygen atoms in total. The Balaban J connectivity index is 1.59. The lowest BCUT2D eigenvalue weighted by atomic mass is 10.2. The first-order chi connectivity index (χ1) is 13.1. The summed E-state index contributed by atoms with van der Waals surface area (Å²) >= 11 is 5.90. The molecule has 27 heavy (non-hydrogen) atoms. The first-order valence-electron chi connectivity index (χ1n) is 8.51. The predicted molar refractivity (Wildman–Crippen MR) is 104 cm³/mol. The smallest absolute Gasteiger partial charge is 0.253 e. The number of hydrogen-bond acceptors (Lipinski definition) is 4.